The Morgan fingerprint density at radius 1 is 1.56 bits per heavy atom. The largest absolute Gasteiger partial charge is 0.465 e. The molecule has 1 aromatic heterocycles. The Morgan fingerprint density at radius 3 is 2.81 bits per heavy atom. The first-order chi connectivity index (χ1) is 7.54. The molecule has 0 aliphatic heterocycles. The van der Waals surface area contributed by atoms with Crippen molar-refractivity contribution in [3.05, 3.63) is 16.0 Å². The topological polar surface area (TPSA) is 84.9 Å². The molecule has 0 fully saturated rings. The lowest BCUT2D eigenvalue weighted by Crippen LogP contribution is -2.19. The van der Waals surface area contributed by atoms with Crippen LogP contribution in [-0.2, 0) is 9.53 Å². The first-order valence-electron chi connectivity index (χ1n) is 4.81. The molecule has 16 heavy (non-hydrogen) atoms. The van der Waals surface area contributed by atoms with Crippen LogP contribution in [0.25, 0.3) is 0 Å². The predicted molar refractivity (Wildman–Crippen MR) is 59.3 cm³/mol. The average molecular weight is 243 g/mol. The summed E-state index contributed by atoms with van der Waals surface area (Å²) in [7, 11) is 0. The molecule has 1 aromatic rings. The summed E-state index contributed by atoms with van der Waals surface area (Å²) in [6.07, 6.45) is 0. The molecule has 1 unspecified atom stereocenters. The summed E-state index contributed by atoms with van der Waals surface area (Å²) in [4.78, 5) is 25.1. The molecule has 1 rings (SSSR count). The van der Waals surface area contributed by atoms with Crippen LogP contribution in [-0.4, -0.2) is 33.0 Å². The zero-order valence-electron chi connectivity index (χ0n) is 9.31. The number of carbonyl (C=O) groups excluding carboxylic acids is 1. The molecular weight excluding hydrogens is 230 g/mol. The predicted octanol–water partition coefficient (Wildman–Crippen LogP) is 0.517. The molecule has 1 N–H and O–H groups in total. The fourth-order valence-electron chi connectivity index (χ4n) is 0.907. The molecule has 7 heteroatoms. The summed E-state index contributed by atoms with van der Waals surface area (Å²) >= 11 is 1.11. The van der Waals surface area contributed by atoms with E-state index in [0.29, 0.717) is 17.5 Å². The van der Waals surface area contributed by atoms with Crippen LogP contribution >= 0.6 is 11.8 Å². The van der Waals surface area contributed by atoms with Crippen molar-refractivity contribution >= 4 is 17.7 Å². The second-order valence-electron chi connectivity index (χ2n) is 3.06. The molecule has 0 saturated carbocycles. The molecule has 1 heterocycles. The highest BCUT2D eigenvalue weighted by Gasteiger charge is 2.17. The van der Waals surface area contributed by atoms with E-state index in [1.54, 1.807) is 20.8 Å². The van der Waals surface area contributed by atoms with Gasteiger partial charge < -0.3 is 4.74 Å². The lowest BCUT2D eigenvalue weighted by molar-refractivity contribution is -0.142. The van der Waals surface area contributed by atoms with Gasteiger partial charge in [0.2, 0.25) is 0 Å². The van der Waals surface area contributed by atoms with Crippen LogP contribution in [0.1, 0.15) is 19.5 Å². The smallest absolute Gasteiger partial charge is 0.319 e. The SMILES string of the molecule is CCOC(=O)C(C)Sc1nnc(C)c(=O)[nH]1. The molecule has 0 spiro atoms. The van der Waals surface area contributed by atoms with Crippen LogP contribution in [0.3, 0.4) is 0 Å². The van der Waals surface area contributed by atoms with E-state index in [4.69, 9.17) is 4.74 Å². The molecule has 0 bridgehead atoms. The molecule has 1 atom stereocenters. The second-order valence-corrected chi connectivity index (χ2v) is 4.39. The highest BCUT2D eigenvalue weighted by atomic mass is 32.2. The number of hydrogen-bond donors (Lipinski definition) is 1. The van der Waals surface area contributed by atoms with E-state index in [0.717, 1.165) is 11.8 Å². The fourth-order valence-corrected chi connectivity index (χ4v) is 1.65. The van der Waals surface area contributed by atoms with Crippen LogP contribution in [0.2, 0.25) is 0 Å². The number of aromatic amines is 1. The van der Waals surface area contributed by atoms with Crippen molar-refractivity contribution in [2.75, 3.05) is 6.61 Å². The number of carbonyl (C=O) groups is 1. The molecule has 6 nitrogen and oxygen atoms in total. The van der Waals surface area contributed by atoms with Crippen molar-refractivity contribution < 1.29 is 9.53 Å². The molecule has 0 aliphatic rings. The Labute approximate surface area is 96.8 Å². The van der Waals surface area contributed by atoms with E-state index < -0.39 is 5.25 Å². The number of aromatic nitrogens is 3. The summed E-state index contributed by atoms with van der Waals surface area (Å²) in [5.41, 5.74) is 0.00157. The number of nitrogens with one attached hydrogen (secondary N) is 1. The van der Waals surface area contributed by atoms with Gasteiger partial charge in [0.25, 0.3) is 5.56 Å². The Bertz CT molecular complexity index is 432. The van der Waals surface area contributed by atoms with E-state index in [2.05, 4.69) is 15.2 Å². The van der Waals surface area contributed by atoms with Gasteiger partial charge in [-0.1, -0.05) is 11.8 Å². The molecule has 0 saturated heterocycles. The third-order valence-electron chi connectivity index (χ3n) is 1.75. The minimum absolute atomic E-state index is 0.298. The van der Waals surface area contributed by atoms with Crippen molar-refractivity contribution in [2.45, 2.75) is 31.2 Å². The zero-order valence-corrected chi connectivity index (χ0v) is 10.1. The maximum atomic E-state index is 11.3. The Balaban J connectivity index is 2.69. The van der Waals surface area contributed by atoms with Crippen molar-refractivity contribution in [2.24, 2.45) is 0 Å². The quantitative estimate of drug-likeness (QED) is 0.613. The standard InChI is InChI=1S/C9H13N3O3S/c1-4-15-8(14)6(3)16-9-10-7(13)5(2)11-12-9/h6H,4H2,1-3H3,(H,10,12,13). The summed E-state index contributed by atoms with van der Waals surface area (Å²) in [6.45, 7) is 5.32. The van der Waals surface area contributed by atoms with Crippen molar-refractivity contribution in [3.8, 4) is 0 Å². The normalized spacial score (nSPS) is 12.2. The third-order valence-corrected chi connectivity index (χ3v) is 2.70. The van der Waals surface area contributed by atoms with Gasteiger partial charge in [-0.05, 0) is 20.8 Å². The highest BCUT2D eigenvalue weighted by Crippen LogP contribution is 2.18. The van der Waals surface area contributed by atoms with Crippen LogP contribution in [0.4, 0.5) is 0 Å². The van der Waals surface area contributed by atoms with E-state index in [9.17, 15) is 9.59 Å². The summed E-state index contributed by atoms with van der Waals surface area (Å²) in [5.74, 6) is -0.337. The van der Waals surface area contributed by atoms with Gasteiger partial charge in [0, 0.05) is 0 Å². The number of nitrogens with zero attached hydrogens (tertiary/aromatic N) is 2. The van der Waals surface area contributed by atoms with E-state index >= 15 is 0 Å². The van der Waals surface area contributed by atoms with Gasteiger partial charge in [0.1, 0.15) is 10.9 Å². The van der Waals surface area contributed by atoms with Gasteiger partial charge in [-0.2, -0.15) is 0 Å². The van der Waals surface area contributed by atoms with Crippen LogP contribution in [0.5, 0.6) is 0 Å². The average Bonchev–Trinajstić information content (AvgIpc) is 2.24. The molecule has 0 aromatic carbocycles. The van der Waals surface area contributed by atoms with Crippen molar-refractivity contribution in [3.63, 3.8) is 0 Å². The van der Waals surface area contributed by atoms with E-state index in [1.807, 2.05) is 0 Å². The number of rotatable bonds is 4. The lowest BCUT2D eigenvalue weighted by Gasteiger charge is -2.08. The Morgan fingerprint density at radius 2 is 2.25 bits per heavy atom. The van der Waals surface area contributed by atoms with Crippen molar-refractivity contribution in [1.82, 2.24) is 15.2 Å². The zero-order chi connectivity index (χ0) is 12.1. The number of thioether (sulfide) groups is 1. The first kappa shape index (κ1) is 12.7. The second kappa shape index (κ2) is 5.64. The summed E-state index contributed by atoms with van der Waals surface area (Å²) < 4.78 is 4.83. The summed E-state index contributed by atoms with van der Waals surface area (Å²) in [6, 6.07) is 0. The van der Waals surface area contributed by atoms with Crippen LogP contribution < -0.4 is 5.56 Å². The molecule has 0 aliphatic carbocycles. The molecule has 0 amide bonds. The minimum Gasteiger partial charge on any atom is -0.465 e. The Kier molecular flexibility index (Phi) is 4.48. The molecule has 0 radical (unpaired) electrons. The minimum atomic E-state index is -0.424. The van der Waals surface area contributed by atoms with E-state index in [1.165, 1.54) is 0 Å². The van der Waals surface area contributed by atoms with Gasteiger partial charge in [-0.15, -0.1) is 10.2 Å². The maximum absolute atomic E-state index is 11.3. The van der Waals surface area contributed by atoms with Gasteiger partial charge in [-0.3, -0.25) is 14.6 Å². The van der Waals surface area contributed by atoms with Crippen molar-refractivity contribution in [1.29, 1.82) is 0 Å². The Hall–Kier alpha value is -1.37. The monoisotopic (exact) mass is 243 g/mol. The van der Waals surface area contributed by atoms with Gasteiger partial charge in [0.15, 0.2) is 5.16 Å². The van der Waals surface area contributed by atoms with Crippen LogP contribution in [0, 0.1) is 6.92 Å². The first-order valence-corrected chi connectivity index (χ1v) is 5.69. The van der Waals surface area contributed by atoms with Gasteiger partial charge >= 0.3 is 5.97 Å². The number of hydrogen-bond acceptors (Lipinski definition) is 6. The maximum Gasteiger partial charge on any atom is 0.319 e. The number of esters is 1. The fraction of sp³-hybridized carbons (Fsp3) is 0.556. The lowest BCUT2D eigenvalue weighted by atomic mass is 10.5. The molecule has 88 valence electrons. The van der Waals surface area contributed by atoms with Gasteiger partial charge in [0.05, 0.1) is 6.61 Å². The van der Waals surface area contributed by atoms with E-state index in [-0.39, 0.29) is 11.5 Å². The van der Waals surface area contributed by atoms with Crippen LogP contribution in [0.15, 0.2) is 9.95 Å². The third kappa shape index (κ3) is 3.34. The van der Waals surface area contributed by atoms with Gasteiger partial charge in [-0.25, -0.2) is 0 Å². The molecular formula is C9H13N3O3S. The highest BCUT2D eigenvalue weighted by molar-refractivity contribution is 8.00. The number of H-pyrrole nitrogens is 1. The number of aryl methyl sites for hydroxylation is 1. The summed E-state index contributed by atoms with van der Waals surface area (Å²) in [5, 5.41) is 7.33. The number of ether oxygens (including phenoxy) is 1.